The summed E-state index contributed by atoms with van der Waals surface area (Å²) in [6.45, 7) is 7.77. The van der Waals surface area contributed by atoms with Crippen molar-refractivity contribution in [3.63, 3.8) is 0 Å². The van der Waals surface area contributed by atoms with E-state index in [2.05, 4.69) is 41.0 Å². The number of rotatable bonds is 2. The first-order valence-electron chi connectivity index (χ1n) is 8.66. The molecule has 0 unspecified atom stereocenters. The zero-order valence-corrected chi connectivity index (χ0v) is 13.7. The lowest BCUT2D eigenvalue weighted by atomic mass is 9.99. The number of anilines is 2. The summed E-state index contributed by atoms with van der Waals surface area (Å²) in [7, 11) is 0. The van der Waals surface area contributed by atoms with Crippen molar-refractivity contribution in [3.8, 4) is 0 Å². The Morgan fingerprint density at radius 1 is 0.957 bits per heavy atom. The van der Waals surface area contributed by atoms with Crippen LogP contribution < -0.4 is 9.80 Å². The molecular weight excluding hydrogens is 288 g/mol. The van der Waals surface area contributed by atoms with Crippen LogP contribution in [0.25, 0.3) is 10.9 Å². The third-order valence-electron chi connectivity index (χ3n) is 4.95. The van der Waals surface area contributed by atoms with Gasteiger partial charge in [0.1, 0.15) is 5.82 Å². The highest BCUT2D eigenvalue weighted by molar-refractivity contribution is 5.90. The van der Waals surface area contributed by atoms with Gasteiger partial charge in [-0.15, -0.1) is 0 Å². The van der Waals surface area contributed by atoms with Crippen LogP contribution >= 0.6 is 0 Å². The third kappa shape index (κ3) is 2.98. The Morgan fingerprint density at radius 3 is 2.48 bits per heavy atom. The van der Waals surface area contributed by atoms with Gasteiger partial charge in [0, 0.05) is 31.6 Å². The van der Waals surface area contributed by atoms with Crippen molar-refractivity contribution in [1.29, 1.82) is 0 Å². The number of ether oxygens (including phenoxy) is 1. The van der Waals surface area contributed by atoms with Gasteiger partial charge in [-0.25, -0.2) is 4.98 Å². The number of benzene rings is 1. The van der Waals surface area contributed by atoms with Crippen LogP contribution in [0.5, 0.6) is 0 Å². The number of nitrogens with zero attached hydrogens (tertiary/aromatic N) is 4. The number of morpholine rings is 1. The van der Waals surface area contributed by atoms with Crippen molar-refractivity contribution in [2.24, 2.45) is 5.92 Å². The monoisotopic (exact) mass is 312 g/mol. The molecule has 2 aliphatic heterocycles. The molecule has 0 radical (unpaired) electrons. The van der Waals surface area contributed by atoms with Gasteiger partial charge in [-0.05, 0) is 30.9 Å². The van der Waals surface area contributed by atoms with Crippen LogP contribution in [-0.4, -0.2) is 49.4 Å². The molecule has 23 heavy (non-hydrogen) atoms. The maximum absolute atomic E-state index is 5.46. The summed E-state index contributed by atoms with van der Waals surface area (Å²) in [6.07, 6.45) is 2.48. The quantitative estimate of drug-likeness (QED) is 0.853. The molecule has 0 bridgehead atoms. The van der Waals surface area contributed by atoms with Crippen molar-refractivity contribution in [2.75, 3.05) is 49.2 Å². The molecule has 0 saturated carbocycles. The molecule has 2 aliphatic rings. The molecule has 3 heterocycles. The van der Waals surface area contributed by atoms with Crippen LogP contribution in [0.3, 0.4) is 0 Å². The lowest BCUT2D eigenvalue weighted by Crippen LogP contribution is -2.38. The molecule has 122 valence electrons. The number of hydrogen-bond acceptors (Lipinski definition) is 5. The minimum absolute atomic E-state index is 0.757. The van der Waals surface area contributed by atoms with E-state index in [0.717, 1.165) is 62.6 Å². The fraction of sp³-hybridized carbons (Fsp3) is 0.556. The molecule has 0 amide bonds. The highest BCUT2D eigenvalue weighted by Crippen LogP contribution is 2.29. The van der Waals surface area contributed by atoms with Crippen molar-refractivity contribution < 1.29 is 4.74 Å². The molecule has 0 N–H and O–H groups in total. The first-order valence-corrected chi connectivity index (χ1v) is 8.66. The highest BCUT2D eigenvalue weighted by atomic mass is 16.5. The predicted octanol–water partition coefficient (Wildman–Crippen LogP) is 2.70. The van der Waals surface area contributed by atoms with Crippen LogP contribution in [-0.2, 0) is 4.74 Å². The second kappa shape index (κ2) is 6.32. The summed E-state index contributed by atoms with van der Waals surface area (Å²) < 4.78 is 5.46. The van der Waals surface area contributed by atoms with Gasteiger partial charge >= 0.3 is 0 Å². The van der Waals surface area contributed by atoms with Crippen molar-refractivity contribution in [2.45, 2.75) is 19.8 Å². The Bertz CT molecular complexity index is 676. The van der Waals surface area contributed by atoms with Crippen LogP contribution in [0.1, 0.15) is 19.8 Å². The summed E-state index contributed by atoms with van der Waals surface area (Å²) in [5.74, 6) is 2.77. The molecule has 1 aromatic heterocycles. The largest absolute Gasteiger partial charge is 0.378 e. The van der Waals surface area contributed by atoms with Gasteiger partial charge in [0.25, 0.3) is 0 Å². The molecule has 2 fully saturated rings. The van der Waals surface area contributed by atoms with E-state index in [1.807, 2.05) is 0 Å². The van der Waals surface area contributed by atoms with Gasteiger partial charge in [0.15, 0.2) is 0 Å². The van der Waals surface area contributed by atoms with E-state index >= 15 is 0 Å². The average Bonchev–Trinajstić information content (AvgIpc) is 2.62. The first-order chi connectivity index (χ1) is 11.3. The highest BCUT2D eigenvalue weighted by Gasteiger charge is 2.22. The first kappa shape index (κ1) is 14.7. The normalized spacial score (nSPS) is 20.2. The van der Waals surface area contributed by atoms with Crippen LogP contribution in [0, 0.1) is 5.92 Å². The topological polar surface area (TPSA) is 41.5 Å². The van der Waals surface area contributed by atoms with Gasteiger partial charge in [0.05, 0.1) is 18.7 Å². The summed E-state index contributed by atoms with van der Waals surface area (Å²) in [5, 5.41) is 1.17. The number of aromatic nitrogens is 2. The smallest absolute Gasteiger partial charge is 0.228 e. The van der Waals surface area contributed by atoms with Gasteiger partial charge in [-0.3, -0.25) is 0 Å². The minimum Gasteiger partial charge on any atom is -0.378 e. The Balaban J connectivity index is 1.74. The Kier molecular flexibility index (Phi) is 4.04. The van der Waals surface area contributed by atoms with E-state index in [9.17, 15) is 0 Å². The van der Waals surface area contributed by atoms with Gasteiger partial charge < -0.3 is 14.5 Å². The zero-order chi connectivity index (χ0) is 15.6. The maximum atomic E-state index is 5.46. The van der Waals surface area contributed by atoms with E-state index < -0.39 is 0 Å². The average molecular weight is 312 g/mol. The number of para-hydroxylation sites is 1. The minimum atomic E-state index is 0.757. The predicted molar refractivity (Wildman–Crippen MR) is 93.2 cm³/mol. The molecular formula is C18H24N4O. The lowest BCUT2D eigenvalue weighted by molar-refractivity contribution is 0.122. The summed E-state index contributed by atoms with van der Waals surface area (Å²) in [4.78, 5) is 14.4. The van der Waals surface area contributed by atoms with E-state index in [1.54, 1.807) is 0 Å². The Morgan fingerprint density at radius 2 is 1.70 bits per heavy atom. The second-order valence-corrected chi connectivity index (χ2v) is 6.63. The standard InChI is InChI=1S/C18H24N4O/c1-14-6-8-21(9-7-14)17-15-4-2-3-5-16(15)19-18(20-17)22-10-12-23-13-11-22/h2-5,14H,6-13H2,1H3. The van der Waals surface area contributed by atoms with Crippen molar-refractivity contribution in [3.05, 3.63) is 24.3 Å². The number of fused-ring (bicyclic) bond motifs is 1. The molecule has 2 aromatic rings. The molecule has 0 aliphatic carbocycles. The van der Waals surface area contributed by atoms with E-state index in [0.29, 0.717) is 0 Å². The molecule has 2 saturated heterocycles. The van der Waals surface area contributed by atoms with Crippen molar-refractivity contribution in [1.82, 2.24) is 9.97 Å². The molecule has 5 heteroatoms. The zero-order valence-electron chi connectivity index (χ0n) is 13.7. The molecule has 5 nitrogen and oxygen atoms in total. The maximum Gasteiger partial charge on any atom is 0.228 e. The fourth-order valence-electron chi connectivity index (χ4n) is 3.41. The molecule has 0 atom stereocenters. The van der Waals surface area contributed by atoms with Crippen molar-refractivity contribution >= 4 is 22.7 Å². The van der Waals surface area contributed by atoms with E-state index in [4.69, 9.17) is 14.7 Å². The van der Waals surface area contributed by atoms with Crippen LogP contribution in [0.4, 0.5) is 11.8 Å². The Labute approximate surface area is 137 Å². The lowest BCUT2D eigenvalue weighted by Gasteiger charge is -2.33. The van der Waals surface area contributed by atoms with Gasteiger partial charge in [0.2, 0.25) is 5.95 Å². The molecule has 1 aromatic carbocycles. The number of hydrogen-bond donors (Lipinski definition) is 0. The number of piperidine rings is 1. The third-order valence-corrected chi connectivity index (χ3v) is 4.95. The summed E-state index contributed by atoms with van der Waals surface area (Å²) >= 11 is 0. The van der Waals surface area contributed by atoms with E-state index in [1.165, 1.54) is 18.2 Å². The second-order valence-electron chi connectivity index (χ2n) is 6.63. The Hall–Kier alpha value is -1.88. The van der Waals surface area contributed by atoms with Gasteiger partial charge in [-0.1, -0.05) is 19.1 Å². The molecule has 0 spiro atoms. The van der Waals surface area contributed by atoms with E-state index in [-0.39, 0.29) is 0 Å². The summed E-state index contributed by atoms with van der Waals surface area (Å²) in [5.41, 5.74) is 1.04. The molecule has 4 rings (SSSR count). The van der Waals surface area contributed by atoms with Crippen LogP contribution in [0.2, 0.25) is 0 Å². The fourth-order valence-corrected chi connectivity index (χ4v) is 3.41. The SMILES string of the molecule is CC1CCN(c2nc(N3CCOCC3)nc3ccccc23)CC1. The van der Waals surface area contributed by atoms with Crippen LogP contribution in [0.15, 0.2) is 24.3 Å². The summed E-state index contributed by atoms with van der Waals surface area (Å²) in [6, 6.07) is 8.37. The van der Waals surface area contributed by atoms with Gasteiger partial charge in [-0.2, -0.15) is 4.98 Å².